The molecule has 0 aliphatic heterocycles. The Bertz CT molecular complexity index is 434. The van der Waals surface area contributed by atoms with Gasteiger partial charge in [-0.2, -0.15) is 0 Å². The van der Waals surface area contributed by atoms with E-state index in [9.17, 15) is 12.8 Å². The van der Waals surface area contributed by atoms with Gasteiger partial charge in [0.25, 0.3) is 0 Å². The highest BCUT2D eigenvalue weighted by Crippen LogP contribution is 2.20. The number of sulfonamides is 1. The smallest absolute Gasteiger partial charge is 0.235 e. The van der Waals surface area contributed by atoms with E-state index in [1.54, 1.807) is 26.8 Å². The minimum atomic E-state index is -3.49. The SMILES string of the molecule is Cc1cccc(F)c1NS(=O)(=O)C(C)C. The highest BCUT2D eigenvalue weighted by atomic mass is 32.2. The van der Waals surface area contributed by atoms with Crippen LogP contribution in [-0.4, -0.2) is 13.7 Å². The van der Waals surface area contributed by atoms with Crippen LogP contribution in [0.25, 0.3) is 0 Å². The third-order valence-corrected chi connectivity index (χ3v) is 3.82. The van der Waals surface area contributed by atoms with E-state index in [0.717, 1.165) is 0 Å². The Hall–Kier alpha value is -1.10. The van der Waals surface area contributed by atoms with Crippen LogP contribution in [0, 0.1) is 12.7 Å². The molecule has 0 saturated carbocycles. The molecule has 0 bridgehead atoms. The van der Waals surface area contributed by atoms with Gasteiger partial charge < -0.3 is 0 Å². The van der Waals surface area contributed by atoms with Crippen molar-refractivity contribution in [3.05, 3.63) is 29.6 Å². The maximum absolute atomic E-state index is 13.3. The van der Waals surface area contributed by atoms with E-state index in [2.05, 4.69) is 4.72 Å². The number of benzene rings is 1. The third kappa shape index (κ3) is 2.68. The third-order valence-electron chi connectivity index (χ3n) is 2.09. The molecule has 0 aliphatic carbocycles. The van der Waals surface area contributed by atoms with Crippen LogP contribution in [0.3, 0.4) is 0 Å². The number of nitrogens with one attached hydrogen (secondary N) is 1. The molecule has 1 N–H and O–H groups in total. The Morgan fingerprint density at radius 1 is 1.33 bits per heavy atom. The van der Waals surface area contributed by atoms with E-state index in [-0.39, 0.29) is 5.69 Å². The molecule has 1 aromatic rings. The zero-order chi connectivity index (χ0) is 11.6. The van der Waals surface area contributed by atoms with Crippen LogP contribution in [0.1, 0.15) is 19.4 Å². The molecule has 0 spiro atoms. The van der Waals surface area contributed by atoms with Crippen LogP contribution in [-0.2, 0) is 10.0 Å². The lowest BCUT2D eigenvalue weighted by Crippen LogP contribution is -2.23. The Kier molecular flexibility index (Phi) is 3.34. The second kappa shape index (κ2) is 4.18. The number of para-hydroxylation sites is 1. The number of hydrogen-bond donors (Lipinski definition) is 1. The van der Waals surface area contributed by atoms with Crippen LogP contribution in [0.2, 0.25) is 0 Å². The molecule has 0 unspecified atom stereocenters. The summed E-state index contributed by atoms with van der Waals surface area (Å²) in [6.07, 6.45) is 0. The van der Waals surface area contributed by atoms with Crippen LogP contribution in [0.15, 0.2) is 18.2 Å². The molecule has 15 heavy (non-hydrogen) atoms. The van der Waals surface area contributed by atoms with E-state index >= 15 is 0 Å². The van der Waals surface area contributed by atoms with Gasteiger partial charge in [-0.3, -0.25) is 4.72 Å². The Balaban J connectivity index is 3.11. The maximum atomic E-state index is 13.3. The van der Waals surface area contributed by atoms with Gasteiger partial charge in [0.2, 0.25) is 10.0 Å². The minimum Gasteiger partial charge on any atom is -0.280 e. The maximum Gasteiger partial charge on any atom is 0.235 e. The summed E-state index contributed by atoms with van der Waals surface area (Å²) in [6, 6.07) is 4.42. The molecule has 0 radical (unpaired) electrons. The van der Waals surface area contributed by atoms with Gasteiger partial charge in [-0.05, 0) is 32.4 Å². The lowest BCUT2D eigenvalue weighted by Gasteiger charge is -2.13. The molecule has 0 aliphatic rings. The predicted molar refractivity (Wildman–Crippen MR) is 58.8 cm³/mol. The van der Waals surface area contributed by atoms with Crippen molar-refractivity contribution in [2.45, 2.75) is 26.0 Å². The van der Waals surface area contributed by atoms with Crippen molar-refractivity contribution in [2.24, 2.45) is 0 Å². The summed E-state index contributed by atoms with van der Waals surface area (Å²) in [5.41, 5.74) is 0.602. The van der Waals surface area contributed by atoms with Crippen LogP contribution < -0.4 is 4.72 Å². The van der Waals surface area contributed by atoms with Gasteiger partial charge >= 0.3 is 0 Å². The van der Waals surface area contributed by atoms with Crippen molar-refractivity contribution in [1.82, 2.24) is 0 Å². The predicted octanol–water partition coefficient (Wildman–Crippen LogP) is 2.28. The molecule has 0 heterocycles. The first kappa shape index (κ1) is 12.0. The topological polar surface area (TPSA) is 46.2 Å². The van der Waals surface area contributed by atoms with Gasteiger partial charge in [0.05, 0.1) is 10.9 Å². The molecule has 0 saturated heterocycles. The number of hydrogen-bond acceptors (Lipinski definition) is 2. The van der Waals surface area contributed by atoms with Crippen molar-refractivity contribution in [2.75, 3.05) is 4.72 Å². The molecule has 5 heteroatoms. The van der Waals surface area contributed by atoms with E-state index in [1.807, 2.05) is 0 Å². The number of halogens is 1. The highest BCUT2D eigenvalue weighted by molar-refractivity contribution is 7.93. The van der Waals surface area contributed by atoms with Crippen molar-refractivity contribution in [3.63, 3.8) is 0 Å². The molecule has 0 aromatic heterocycles. The minimum absolute atomic E-state index is 0.0335. The van der Waals surface area contributed by atoms with Crippen molar-refractivity contribution in [3.8, 4) is 0 Å². The lowest BCUT2D eigenvalue weighted by atomic mass is 10.2. The molecule has 84 valence electrons. The average molecular weight is 231 g/mol. The Morgan fingerprint density at radius 3 is 2.40 bits per heavy atom. The summed E-state index contributed by atoms with van der Waals surface area (Å²) in [6.45, 7) is 4.73. The molecule has 0 atom stereocenters. The molecular weight excluding hydrogens is 217 g/mol. The fraction of sp³-hybridized carbons (Fsp3) is 0.400. The zero-order valence-corrected chi connectivity index (χ0v) is 9.73. The molecular formula is C10H14FNO2S. The van der Waals surface area contributed by atoms with Crippen molar-refractivity contribution < 1.29 is 12.8 Å². The first-order chi connectivity index (χ1) is 6.84. The largest absolute Gasteiger partial charge is 0.280 e. The van der Waals surface area contributed by atoms with Gasteiger partial charge in [0, 0.05) is 0 Å². The summed E-state index contributed by atoms with van der Waals surface area (Å²) in [4.78, 5) is 0. The Labute approximate surface area is 89.4 Å². The molecule has 1 aromatic carbocycles. The van der Waals surface area contributed by atoms with Gasteiger partial charge in [-0.15, -0.1) is 0 Å². The second-order valence-electron chi connectivity index (χ2n) is 3.63. The molecule has 1 rings (SSSR count). The van der Waals surface area contributed by atoms with E-state index in [4.69, 9.17) is 0 Å². The fourth-order valence-electron chi connectivity index (χ4n) is 1.02. The number of aryl methyl sites for hydroxylation is 1. The summed E-state index contributed by atoms with van der Waals surface area (Å²) >= 11 is 0. The Morgan fingerprint density at radius 2 is 1.93 bits per heavy atom. The summed E-state index contributed by atoms with van der Waals surface area (Å²) < 4.78 is 38.6. The summed E-state index contributed by atoms with van der Waals surface area (Å²) in [5.74, 6) is -0.556. The fourth-order valence-corrected chi connectivity index (χ4v) is 1.80. The van der Waals surface area contributed by atoms with Crippen LogP contribution in [0.4, 0.5) is 10.1 Å². The van der Waals surface area contributed by atoms with E-state index < -0.39 is 21.1 Å². The second-order valence-corrected chi connectivity index (χ2v) is 5.86. The van der Waals surface area contributed by atoms with Gasteiger partial charge in [-0.1, -0.05) is 12.1 Å². The number of anilines is 1. The van der Waals surface area contributed by atoms with Gasteiger partial charge in [0.1, 0.15) is 5.82 Å². The normalized spacial score (nSPS) is 11.8. The van der Waals surface area contributed by atoms with Gasteiger partial charge in [0.15, 0.2) is 0 Å². The zero-order valence-electron chi connectivity index (χ0n) is 8.91. The molecule has 0 amide bonds. The molecule has 0 fully saturated rings. The monoisotopic (exact) mass is 231 g/mol. The lowest BCUT2D eigenvalue weighted by molar-refractivity contribution is 0.590. The quantitative estimate of drug-likeness (QED) is 0.867. The summed E-state index contributed by atoms with van der Waals surface area (Å²) in [5, 5.41) is -0.587. The van der Waals surface area contributed by atoms with Gasteiger partial charge in [-0.25, -0.2) is 12.8 Å². The first-order valence-corrected chi connectivity index (χ1v) is 6.16. The first-order valence-electron chi connectivity index (χ1n) is 4.61. The van der Waals surface area contributed by atoms with Crippen molar-refractivity contribution in [1.29, 1.82) is 0 Å². The molecule has 3 nitrogen and oxygen atoms in total. The standard InChI is InChI=1S/C10H14FNO2S/c1-7(2)15(13,14)12-10-8(3)5-4-6-9(10)11/h4-7,12H,1-3H3. The van der Waals surface area contributed by atoms with Crippen LogP contribution in [0.5, 0.6) is 0 Å². The summed E-state index contributed by atoms with van der Waals surface area (Å²) in [7, 11) is -3.49. The van der Waals surface area contributed by atoms with Crippen molar-refractivity contribution >= 4 is 15.7 Å². The highest BCUT2D eigenvalue weighted by Gasteiger charge is 2.18. The van der Waals surface area contributed by atoms with Crippen LogP contribution >= 0.6 is 0 Å². The average Bonchev–Trinajstić information content (AvgIpc) is 2.11. The van der Waals surface area contributed by atoms with E-state index in [0.29, 0.717) is 5.56 Å². The number of rotatable bonds is 3. The van der Waals surface area contributed by atoms with E-state index in [1.165, 1.54) is 12.1 Å².